The van der Waals surface area contributed by atoms with Crippen molar-refractivity contribution in [2.45, 2.75) is 11.9 Å². The highest BCUT2D eigenvalue weighted by atomic mass is 79.9. The molecule has 0 fully saturated rings. The molecule has 0 saturated heterocycles. The molecule has 0 unspecified atom stereocenters. The molecule has 5 nitrogen and oxygen atoms in total. The largest absolute Gasteiger partial charge is 0.334 e. The van der Waals surface area contributed by atoms with Gasteiger partial charge in [-0.15, -0.1) is 0 Å². The van der Waals surface area contributed by atoms with Crippen LogP contribution in [0.5, 0.6) is 0 Å². The van der Waals surface area contributed by atoms with Crippen molar-refractivity contribution < 1.29 is 12.8 Å². The van der Waals surface area contributed by atoms with Crippen LogP contribution in [0.1, 0.15) is 5.56 Å². The van der Waals surface area contributed by atoms with Gasteiger partial charge in [0.15, 0.2) is 5.03 Å². The van der Waals surface area contributed by atoms with Gasteiger partial charge in [0.1, 0.15) is 5.82 Å². The van der Waals surface area contributed by atoms with E-state index < -0.39 is 15.8 Å². The van der Waals surface area contributed by atoms with Crippen LogP contribution in [0.2, 0.25) is 0 Å². The number of rotatable bonds is 3. The fourth-order valence-corrected chi connectivity index (χ4v) is 2.83. The molecule has 0 bridgehead atoms. The van der Waals surface area contributed by atoms with Gasteiger partial charge < -0.3 is 4.98 Å². The van der Waals surface area contributed by atoms with E-state index in [1.54, 1.807) is 6.92 Å². The van der Waals surface area contributed by atoms with E-state index in [1.165, 1.54) is 18.6 Å². The molecule has 0 aliphatic heterocycles. The van der Waals surface area contributed by atoms with Crippen LogP contribution in [0, 0.1) is 12.7 Å². The Kier molecular flexibility index (Phi) is 3.40. The average Bonchev–Trinajstić information content (AvgIpc) is 2.79. The van der Waals surface area contributed by atoms with E-state index in [9.17, 15) is 12.8 Å². The van der Waals surface area contributed by atoms with Gasteiger partial charge in [0.05, 0.1) is 22.7 Å². The van der Waals surface area contributed by atoms with E-state index in [0.29, 0.717) is 5.56 Å². The molecule has 18 heavy (non-hydrogen) atoms. The summed E-state index contributed by atoms with van der Waals surface area (Å²) in [5.41, 5.74) is 0.789. The lowest BCUT2D eigenvalue weighted by Gasteiger charge is -2.10. The molecular weight excluding hydrogens is 325 g/mol. The Morgan fingerprint density at radius 3 is 2.78 bits per heavy atom. The first-order valence-electron chi connectivity index (χ1n) is 4.87. The number of nitrogens with one attached hydrogen (secondary N) is 2. The topological polar surface area (TPSA) is 74.8 Å². The van der Waals surface area contributed by atoms with Gasteiger partial charge in [0, 0.05) is 0 Å². The first kappa shape index (κ1) is 13.0. The van der Waals surface area contributed by atoms with Crippen molar-refractivity contribution in [2.24, 2.45) is 0 Å². The van der Waals surface area contributed by atoms with Crippen molar-refractivity contribution in [1.82, 2.24) is 9.97 Å². The Balaban J connectivity index is 2.39. The lowest BCUT2D eigenvalue weighted by molar-refractivity contribution is 0.598. The van der Waals surface area contributed by atoms with E-state index in [0.717, 1.165) is 6.07 Å². The molecular formula is C10H9BrFN3O2S. The van der Waals surface area contributed by atoms with E-state index in [-0.39, 0.29) is 15.2 Å². The number of sulfonamides is 1. The Labute approximate surface area is 112 Å². The summed E-state index contributed by atoms with van der Waals surface area (Å²) < 4.78 is 39.7. The monoisotopic (exact) mass is 333 g/mol. The molecule has 0 atom stereocenters. The van der Waals surface area contributed by atoms with Crippen molar-refractivity contribution in [2.75, 3.05) is 4.72 Å². The first-order chi connectivity index (χ1) is 8.40. The molecule has 2 aromatic rings. The SMILES string of the molecule is Cc1cc(Br)c(F)cc1NS(=O)(=O)c1cnc[nH]1. The van der Waals surface area contributed by atoms with Gasteiger partial charge in [-0.3, -0.25) is 4.72 Å². The van der Waals surface area contributed by atoms with Crippen molar-refractivity contribution in [3.8, 4) is 0 Å². The van der Waals surface area contributed by atoms with E-state index in [1.807, 2.05) is 0 Å². The highest BCUT2D eigenvalue weighted by Gasteiger charge is 2.17. The summed E-state index contributed by atoms with van der Waals surface area (Å²) in [6, 6.07) is 2.62. The van der Waals surface area contributed by atoms with Gasteiger partial charge >= 0.3 is 0 Å². The summed E-state index contributed by atoms with van der Waals surface area (Å²) in [6.07, 6.45) is 2.43. The number of aromatic nitrogens is 2. The van der Waals surface area contributed by atoms with E-state index in [2.05, 4.69) is 30.6 Å². The third-order valence-corrected chi connectivity index (χ3v) is 4.17. The summed E-state index contributed by atoms with van der Waals surface area (Å²) in [5.74, 6) is -0.539. The number of anilines is 1. The number of aromatic amines is 1. The zero-order chi connectivity index (χ0) is 13.3. The van der Waals surface area contributed by atoms with Gasteiger partial charge in [0.2, 0.25) is 0 Å². The smallest absolute Gasteiger partial charge is 0.278 e. The van der Waals surface area contributed by atoms with Gasteiger partial charge in [-0.2, -0.15) is 8.42 Å². The van der Waals surface area contributed by atoms with Crippen LogP contribution in [-0.4, -0.2) is 18.4 Å². The van der Waals surface area contributed by atoms with Crippen molar-refractivity contribution >= 4 is 31.6 Å². The molecule has 0 spiro atoms. The Hall–Kier alpha value is -1.41. The van der Waals surface area contributed by atoms with Gasteiger partial charge in [-0.25, -0.2) is 9.37 Å². The van der Waals surface area contributed by atoms with E-state index >= 15 is 0 Å². The number of hydrogen-bond donors (Lipinski definition) is 2. The molecule has 1 heterocycles. The Morgan fingerprint density at radius 1 is 1.44 bits per heavy atom. The maximum Gasteiger partial charge on any atom is 0.278 e. The lowest BCUT2D eigenvalue weighted by atomic mass is 10.2. The molecule has 0 saturated carbocycles. The van der Waals surface area contributed by atoms with Gasteiger partial charge in [0.25, 0.3) is 10.0 Å². The third kappa shape index (κ3) is 2.54. The summed E-state index contributed by atoms with van der Waals surface area (Å²) in [7, 11) is -3.77. The van der Waals surface area contributed by atoms with E-state index in [4.69, 9.17) is 0 Å². The van der Waals surface area contributed by atoms with Crippen LogP contribution >= 0.6 is 15.9 Å². The van der Waals surface area contributed by atoms with Crippen LogP contribution in [0.25, 0.3) is 0 Å². The summed E-state index contributed by atoms with van der Waals surface area (Å²) in [4.78, 5) is 6.11. The highest BCUT2D eigenvalue weighted by Crippen LogP contribution is 2.25. The molecule has 2 N–H and O–H groups in total. The number of hydrogen-bond acceptors (Lipinski definition) is 3. The van der Waals surface area contributed by atoms with Crippen LogP contribution in [-0.2, 0) is 10.0 Å². The predicted octanol–water partition coefficient (Wildman–Crippen LogP) is 2.42. The minimum absolute atomic E-state index is 0.0785. The van der Waals surface area contributed by atoms with Crippen LogP contribution in [0.15, 0.2) is 34.2 Å². The fraction of sp³-hybridized carbons (Fsp3) is 0.100. The molecule has 1 aromatic carbocycles. The second-order valence-corrected chi connectivity index (χ2v) is 6.11. The normalized spacial score (nSPS) is 11.5. The summed E-state index contributed by atoms with van der Waals surface area (Å²) in [6.45, 7) is 1.68. The van der Waals surface area contributed by atoms with Crippen molar-refractivity contribution in [1.29, 1.82) is 0 Å². The number of halogens is 2. The molecule has 0 aliphatic rings. The number of nitrogens with zero attached hydrogens (tertiary/aromatic N) is 1. The molecule has 0 radical (unpaired) electrons. The highest BCUT2D eigenvalue weighted by molar-refractivity contribution is 9.10. The second-order valence-electron chi connectivity index (χ2n) is 3.60. The first-order valence-corrected chi connectivity index (χ1v) is 7.14. The number of aryl methyl sites for hydroxylation is 1. The maximum absolute atomic E-state index is 13.4. The molecule has 1 aromatic heterocycles. The minimum Gasteiger partial charge on any atom is -0.334 e. The third-order valence-electron chi connectivity index (χ3n) is 2.27. The predicted molar refractivity (Wildman–Crippen MR) is 68.2 cm³/mol. The Bertz CT molecular complexity index is 671. The van der Waals surface area contributed by atoms with Gasteiger partial charge in [-0.05, 0) is 40.5 Å². The molecule has 8 heteroatoms. The molecule has 2 rings (SSSR count). The average molecular weight is 334 g/mol. The minimum atomic E-state index is -3.77. The lowest BCUT2D eigenvalue weighted by Crippen LogP contribution is -2.14. The quantitative estimate of drug-likeness (QED) is 0.905. The zero-order valence-electron chi connectivity index (χ0n) is 9.24. The number of imidazole rings is 1. The standard InChI is InChI=1S/C10H9BrFN3O2S/c1-6-2-7(11)8(12)3-9(6)15-18(16,17)10-4-13-5-14-10/h2-5,15H,1H3,(H,13,14). The van der Waals surface area contributed by atoms with Crippen LogP contribution in [0.4, 0.5) is 10.1 Å². The zero-order valence-corrected chi connectivity index (χ0v) is 11.6. The van der Waals surface area contributed by atoms with Crippen LogP contribution in [0.3, 0.4) is 0 Å². The number of H-pyrrole nitrogens is 1. The molecule has 96 valence electrons. The molecule has 0 amide bonds. The van der Waals surface area contributed by atoms with Crippen molar-refractivity contribution in [3.63, 3.8) is 0 Å². The van der Waals surface area contributed by atoms with Crippen LogP contribution < -0.4 is 4.72 Å². The number of benzene rings is 1. The fourth-order valence-electron chi connectivity index (χ4n) is 1.35. The van der Waals surface area contributed by atoms with Gasteiger partial charge in [-0.1, -0.05) is 0 Å². The summed E-state index contributed by atoms with van der Waals surface area (Å²) >= 11 is 3.03. The molecule has 0 aliphatic carbocycles. The second kappa shape index (κ2) is 4.69. The maximum atomic E-state index is 13.4. The summed E-state index contributed by atoms with van der Waals surface area (Å²) in [5, 5.41) is -0.0785. The Morgan fingerprint density at radius 2 is 2.17 bits per heavy atom. The van der Waals surface area contributed by atoms with Crippen molar-refractivity contribution in [3.05, 3.63) is 40.5 Å².